The summed E-state index contributed by atoms with van der Waals surface area (Å²) in [6.07, 6.45) is 54.0. The molecule has 0 radical (unpaired) electrons. The number of carbonyl (C=O) groups excluding carboxylic acids is 1. The molecule has 0 amide bonds. The molecule has 0 bridgehead atoms. The number of aliphatic hydroxyl groups excluding tert-OH is 4. The minimum Gasteiger partial charge on any atom is -0.457 e. The van der Waals surface area contributed by atoms with Gasteiger partial charge < -0.3 is 39.4 Å². The highest BCUT2D eigenvalue weighted by molar-refractivity contribution is 5.69. The Balaban J connectivity index is 2.20. The number of rotatable bonds is 46. The lowest BCUT2D eigenvalue weighted by molar-refractivity contribution is -0.305. The Morgan fingerprint density at radius 1 is 0.508 bits per heavy atom. The Bertz CT molecular complexity index is 1180. The van der Waals surface area contributed by atoms with Crippen LogP contribution in [0.2, 0.25) is 0 Å². The monoisotopic (exact) mass is 917 g/mol. The van der Waals surface area contributed by atoms with Crippen LogP contribution in [-0.4, -0.2) is 89.6 Å². The van der Waals surface area contributed by atoms with Crippen LogP contribution in [0.15, 0.2) is 60.8 Å². The fourth-order valence-electron chi connectivity index (χ4n) is 8.05. The Hall–Kier alpha value is -2.11. The molecule has 9 heteroatoms. The normalized spacial score (nSPS) is 19.9. The summed E-state index contributed by atoms with van der Waals surface area (Å²) < 4.78 is 22.9. The van der Waals surface area contributed by atoms with E-state index in [1.165, 1.54) is 128 Å². The Labute approximate surface area is 398 Å². The lowest BCUT2D eigenvalue weighted by Crippen LogP contribution is -2.59. The largest absolute Gasteiger partial charge is 0.457 e. The lowest BCUT2D eigenvalue weighted by atomic mass is 9.99. The van der Waals surface area contributed by atoms with Gasteiger partial charge in [-0.15, -0.1) is 0 Å². The molecule has 0 saturated carbocycles. The molecule has 1 aliphatic heterocycles. The van der Waals surface area contributed by atoms with Crippen LogP contribution in [0.1, 0.15) is 226 Å². The van der Waals surface area contributed by atoms with Crippen molar-refractivity contribution in [1.29, 1.82) is 0 Å². The summed E-state index contributed by atoms with van der Waals surface area (Å²) in [7, 11) is 0. The van der Waals surface area contributed by atoms with E-state index in [2.05, 4.69) is 74.6 Å². The van der Waals surface area contributed by atoms with E-state index in [-0.39, 0.29) is 19.2 Å². The van der Waals surface area contributed by atoms with Gasteiger partial charge in [0.15, 0.2) is 6.29 Å². The van der Waals surface area contributed by atoms with Gasteiger partial charge in [0.25, 0.3) is 0 Å². The van der Waals surface area contributed by atoms with Gasteiger partial charge in [0.1, 0.15) is 30.5 Å². The molecule has 6 atom stereocenters. The van der Waals surface area contributed by atoms with Gasteiger partial charge in [-0.25, -0.2) is 0 Å². The molecule has 65 heavy (non-hydrogen) atoms. The molecule has 1 aliphatic rings. The molecule has 0 spiro atoms. The summed E-state index contributed by atoms with van der Waals surface area (Å²) in [6, 6.07) is 0. The van der Waals surface area contributed by atoms with Crippen molar-refractivity contribution in [3.8, 4) is 0 Å². The number of hydrogen-bond acceptors (Lipinski definition) is 9. The molecular weight excluding hydrogens is 817 g/mol. The Morgan fingerprint density at radius 2 is 0.938 bits per heavy atom. The minimum absolute atomic E-state index is 0.119. The molecule has 0 aromatic heterocycles. The maximum absolute atomic E-state index is 12.9. The summed E-state index contributed by atoms with van der Waals surface area (Å²) in [4.78, 5) is 12.9. The van der Waals surface area contributed by atoms with E-state index in [1.54, 1.807) is 0 Å². The van der Waals surface area contributed by atoms with Gasteiger partial charge in [-0.2, -0.15) is 0 Å². The molecule has 4 N–H and O–H groups in total. The molecule has 0 aliphatic carbocycles. The smallest absolute Gasteiger partial charge is 0.306 e. The average Bonchev–Trinajstić information content (AvgIpc) is 3.31. The zero-order chi connectivity index (χ0) is 47.1. The summed E-state index contributed by atoms with van der Waals surface area (Å²) in [5, 5.41) is 40.3. The molecule has 1 fully saturated rings. The van der Waals surface area contributed by atoms with Crippen LogP contribution < -0.4 is 0 Å². The first-order valence-electron chi connectivity index (χ1n) is 26.9. The van der Waals surface area contributed by atoms with Crippen molar-refractivity contribution in [3.05, 3.63) is 60.8 Å². The van der Waals surface area contributed by atoms with Crippen molar-refractivity contribution < 1.29 is 44.2 Å². The number of hydrogen-bond donors (Lipinski definition) is 4. The highest BCUT2D eigenvalue weighted by atomic mass is 16.7. The van der Waals surface area contributed by atoms with Gasteiger partial charge in [0.05, 0.1) is 19.8 Å². The quantitative estimate of drug-likeness (QED) is 0.0267. The molecule has 378 valence electrons. The Morgan fingerprint density at radius 3 is 1.42 bits per heavy atom. The van der Waals surface area contributed by atoms with Crippen molar-refractivity contribution in [1.82, 2.24) is 0 Å². The second kappa shape index (κ2) is 47.0. The van der Waals surface area contributed by atoms with E-state index in [1.807, 2.05) is 0 Å². The number of allylic oxidation sites excluding steroid dienone is 10. The third kappa shape index (κ3) is 37.5. The highest BCUT2D eigenvalue weighted by Gasteiger charge is 2.44. The summed E-state index contributed by atoms with van der Waals surface area (Å²) in [5.74, 6) is -0.317. The number of carbonyl (C=O) groups is 1. The predicted octanol–water partition coefficient (Wildman–Crippen LogP) is 13.4. The first-order chi connectivity index (χ1) is 31.9. The summed E-state index contributed by atoms with van der Waals surface area (Å²) in [5.41, 5.74) is 0. The topological polar surface area (TPSA) is 135 Å². The average molecular weight is 917 g/mol. The van der Waals surface area contributed by atoms with Crippen LogP contribution in [0.4, 0.5) is 0 Å². The number of aliphatic hydroxyl groups is 4. The molecular formula is C56H100O9. The van der Waals surface area contributed by atoms with E-state index in [0.717, 1.165) is 77.0 Å². The molecule has 0 aromatic rings. The van der Waals surface area contributed by atoms with Gasteiger partial charge in [0, 0.05) is 13.0 Å². The zero-order valence-electron chi connectivity index (χ0n) is 41.7. The third-order valence-corrected chi connectivity index (χ3v) is 12.2. The van der Waals surface area contributed by atoms with Crippen molar-refractivity contribution in [3.63, 3.8) is 0 Å². The maximum atomic E-state index is 12.9. The molecule has 6 unspecified atom stereocenters. The van der Waals surface area contributed by atoms with E-state index in [9.17, 15) is 25.2 Å². The Kier molecular flexibility index (Phi) is 44.0. The molecule has 9 nitrogen and oxygen atoms in total. The van der Waals surface area contributed by atoms with Crippen LogP contribution in [0, 0.1) is 0 Å². The van der Waals surface area contributed by atoms with Gasteiger partial charge in [-0.05, 0) is 57.8 Å². The van der Waals surface area contributed by atoms with E-state index >= 15 is 0 Å². The summed E-state index contributed by atoms with van der Waals surface area (Å²) >= 11 is 0. The number of esters is 1. The van der Waals surface area contributed by atoms with Crippen molar-refractivity contribution in [2.75, 3.05) is 26.4 Å². The second-order valence-electron chi connectivity index (χ2n) is 18.3. The van der Waals surface area contributed by atoms with Crippen LogP contribution >= 0.6 is 0 Å². The van der Waals surface area contributed by atoms with E-state index in [4.69, 9.17) is 18.9 Å². The van der Waals surface area contributed by atoms with Gasteiger partial charge in [-0.1, -0.05) is 222 Å². The zero-order valence-corrected chi connectivity index (χ0v) is 41.7. The van der Waals surface area contributed by atoms with Crippen LogP contribution in [-0.2, 0) is 23.7 Å². The maximum Gasteiger partial charge on any atom is 0.306 e. The summed E-state index contributed by atoms with van der Waals surface area (Å²) in [6.45, 7) is 4.44. The fourth-order valence-corrected chi connectivity index (χ4v) is 8.05. The lowest BCUT2D eigenvalue weighted by Gasteiger charge is -2.39. The first-order valence-corrected chi connectivity index (χ1v) is 26.9. The highest BCUT2D eigenvalue weighted by Crippen LogP contribution is 2.23. The van der Waals surface area contributed by atoms with Crippen molar-refractivity contribution in [2.45, 2.75) is 263 Å². The molecule has 0 aromatic carbocycles. The van der Waals surface area contributed by atoms with Gasteiger partial charge >= 0.3 is 5.97 Å². The van der Waals surface area contributed by atoms with Gasteiger partial charge in [-0.3, -0.25) is 4.79 Å². The SMILES string of the molecule is CC/C=C\C/C=C\C/C=C\C/C=C\C/C=C\CCCCCCCCOCC(COC1OC(CO)C(O)C(O)C1O)OC(=O)CCCCCCCCCCCCCCCCCCCCCC. The predicted molar refractivity (Wildman–Crippen MR) is 270 cm³/mol. The standard InChI is InChI=1S/C56H100O9/c1-3-5-7-9-11-13-15-17-19-21-23-25-26-28-30-32-34-36-38-40-42-44-46-62-48-50(49-63-56-55(61)54(60)53(59)51(47-57)65-56)64-52(58)45-43-41-39-37-35-33-31-29-27-24-22-20-18-16-14-12-10-8-6-4-2/h5,7,11,13,17,19,23,25,28,30,50-51,53-57,59-61H,3-4,6,8-10,12,14-16,18,20-22,24,26-27,29,31-49H2,1-2H3/b7-5-,13-11-,19-17-,25-23-,30-28-. The van der Waals surface area contributed by atoms with E-state index < -0.39 is 43.4 Å². The fraction of sp³-hybridized carbons (Fsp3) is 0.804. The number of unbranched alkanes of at least 4 members (excludes halogenated alkanes) is 25. The van der Waals surface area contributed by atoms with Crippen molar-refractivity contribution >= 4 is 5.97 Å². The third-order valence-electron chi connectivity index (χ3n) is 12.2. The second-order valence-corrected chi connectivity index (χ2v) is 18.3. The van der Waals surface area contributed by atoms with Crippen LogP contribution in [0.25, 0.3) is 0 Å². The first kappa shape index (κ1) is 60.9. The minimum atomic E-state index is -1.54. The number of ether oxygens (including phenoxy) is 4. The van der Waals surface area contributed by atoms with Crippen molar-refractivity contribution in [2.24, 2.45) is 0 Å². The molecule has 1 heterocycles. The van der Waals surface area contributed by atoms with E-state index in [0.29, 0.717) is 13.0 Å². The molecule has 1 saturated heterocycles. The molecule has 1 rings (SSSR count). The van der Waals surface area contributed by atoms with Crippen LogP contribution in [0.5, 0.6) is 0 Å². The van der Waals surface area contributed by atoms with Gasteiger partial charge in [0.2, 0.25) is 0 Å². The van der Waals surface area contributed by atoms with Crippen LogP contribution in [0.3, 0.4) is 0 Å².